The fourth-order valence-corrected chi connectivity index (χ4v) is 0.362. The van der Waals surface area contributed by atoms with Gasteiger partial charge in [-0.2, -0.15) is 0 Å². The van der Waals surface area contributed by atoms with Gasteiger partial charge in [-0.25, -0.2) is 0 Å². The molecule has 0 saturated carbocycles. The average molecular weight is 272 g/mol. The Kier molecular flexibility index (Phi) is 49.7. The van der Waals surface area contributed by atoms with E-state index in [4.69, 9.17) is 5.02 Å². The van der Waals surface area contributed by atoms with Crippen LogP contribution in [0, 0.1) is 0 Å². The molecule has 0 amide bonds. The number of hydrogen-bond donors (Lipinski definition) is 2. The summed E-state index contributed by atoms with van der Waals surface area (Å²) in [5, 5.41) is 8.61. The van der Waals surface area contributed by atoms with Gasteiger partial charge in [-0.1, -0.05) is 0 Å². The minimum atomic E-state index is -1.98. The quantitative estimate of drug-likeness (QED) is 0.396. The molecule has 0 aliphatic heterocycles. The van der Waals surface area contributed by atoms with Crippen LogP contribution in [0.2, 0.25) is 0 Å². The molecule has 0 radical (unpaired) electrons. The molecule has 0 unspecified atom stereocenters. The predicted octanol–water partition coefficient (Wildman–Crippen LogP) is -6.23. The van der Waals surface area contributed by atoms with E-state index < -0.39 is 14.6 Å². The van der Waals surface area contributed by atoms with Crippen molar-refractivity contribution in [2.45, 2.75) is 0 Å². The second-order valence-corrected chi connectivity index (χ2v) is 1.43. The van der Waals surface area contributed by atoms with E-state index in [1.165, 1.54) is 0 Å². The van der Waals surface area contributed by atoms with Crippen molar-refractivity contribution in [3.8, 4) is 0 Å². The molecule has 0 fully saturated rings. The summed E-state index contributed by atoms with van der Waals surface area (Å²) in [7, 11) is -4.01. The third kappa shape index (κ3) is 20.3. The summed E-state index contributed by atoms with van der Waals surface area (Å²) in [4.78, 5) is 0. The van der Waals surface area contributed by atoms with Crippen LogP contribution in [-0.2, 0) is 32.4 Å². The molecule has 0 heterocycles. The van der Waals surface area contributed by atoms with Crippen molar-refractivity contribution in [3.63, 3.8) is 0 Å². The van der Waals surface area contributed by atoms with Gasteiger partial charge in [0.15, 0.2) is 0 Å². The Morgan fingerprint density at radius 1 is 0.778 bits per heavy atom. The molecule has 0 aromatic carbocycles. The molecule has 12 N–H and O–H groups in total. The van der Waals surface area contributed by atoms with E-state index in [9.17, 15) is 14.1 Å². The normalized spacial score (nSPS) is 5.17. The zero-order valence-corrected chi connectivity index (χ0v) is 8.90. The molecule has 0 saturated heterocycles. The van der Waals surface area contributed by atoms with E-state index in [-0.39, 0.29) is 50.1 Å². The molecule has 0 bridgehead atoms. The molecule has 13 nitrogen and oxygen atoms in total. The Balaban J connectivity index is -0.0000000720. The van der Waals surface area contributed by atoms with Crippen LogP contribution in [0.1, 0.15) is 0 Å². The second kappa shape index (κ2) is 24.9. The zero-order chi connectivity index (χ0) is 10.1. The van der Waals surface area contributed by atoms with Crippen LogP contribution in [0.5, 0.6) is 0 Å². The fraction of sp³-hybridized carbons (Fsp3) is 0. The predicted molar refractivity (Wildman–Crippen MR) is 56.9 cm³/mol. The Morgan fingerprint density at radius 2 is 1.11 bits per heavy atom. The molecule has 18 heavy (non-hydrogen) atoms. The molecular weight excluding hydrogens is 260 g/mol. The Labute approximate surface area is 103 Å². The van der Waals surface area contributed by atoms with Gasteiger partial charge in [0.25, 0.3) is 0 Å². The average Bonchev–Trinajstić information content (AvgIpc) is 2.05. The molecule has 0 aromatic heterocycles. The summed E-state index contributed by atoms with van der Waals surface area (Å²) < 4.78 is 45.1. The third-order valence-electron chi connectivity index (χ3n) is 0.733. The molecule has 0 aliphatic carbocycles. The van der Waals surface area contributed by atoms with E-state index in [0.717, 1.165) is 0 Å². The molecule has 18 heteroatoms. The SMILES string of the molecule is N.O.O.O.O.O=BOB(O)OB(OB=O)OB=O. The van der Waals surface area contributed by atoms with Gasteiger partial charge in [0, 0.05) is 0 Å². The maximum atomic E-state index is 9.74. The Hall–Kier alpha value is -1.16. The monoisotopic (exact) mass is 273 g/mol. The van der Waals surface area contributed by atoms with Gasteiger partial charge in [-0.3, -0.25) is 0 Å². The molecule has 0 spiro atoms. The summed E-state index contributed by atoms with van der Waals surface area (Å²) in [5.41, 5.74) is 0. The van der Waals surface area contributed by atoms with Gasteiger partial charge < -0.3 is 28.1 Å². The van der Waals surface area contributed by atoms with E-state index in [2.05, 4.69) is 18.3 Å². The molecule has 0 aromatic rings. The van der Waals surface area contributed by atoms with Crippen molar-refractivity contribution < 1.29 is 59.3 Å². The van der Waals surface area contributed by atoms with Crippen molar-refractivity contribution in [2.75, 3.05) is 0 Å². The van der Waals surface area contributed by atoms with Crippen molar-refractivity contribution in [2.24, 2.45) is 0 Å². The molecule has 0 atom stereocenters. The van der Waals surface area contributed by atoms with Gasteiger partial charge in [0.2, 0.25) is 0 Å². The van der Waals surface area contributed by atoms with E-state index in [1.54, 1.807) is 0 Å². The van der Waals surface area contributed by atoms with Crippen LogP contribution in [0.25, 0.3) is 0 Å². The summed E-state index contributed by atoms with van der Waals surface area (Å²) in [6, 6.07) is 0. The van der Waals surface area contributed by atoms with Gasteiger partial charge in [0.1, 0.15) is 0 Å². The topological polar surface area (TPSA) is 269 Å². The first-order valence-electron chi connectivity index (χ1n) is 2.85. The molecule has 0 rings (SSSR count). The second-order valence-electron chi connectivity index (χ2n) is 1.43. The van der Waals surface area contributed by atoms with Crippen LogP contribution in [0.3, 0.4) is 0 Å². The molecule has 0 aliphatic rings. The Bertz CT molecular complexity index is 166. The van der Waals surface area contributed by atoms with E-state index >= 15 is 0 Å². The van der Waals surface area contributed by atoms with Gasteiger partial charge in [0.05, 0.1) is 0 Å². The summed E-state index contributed by atoms with van der Waals surface area (Å²) in [6.07, 6.45) is 0. The van der Waals surface area contributed by atoms with Crippen molar-refractivity contribution in [1.82, 2.24) is 6.15 Å². The van der Waals surface area contributed by atoms with Crippen LogP contribution in [0.15, 0.2) is 0 Å². The summed E-state index contributed by atoms with van der Waals surface area (Å²) in [5.74, 6) is 0. The molecule has 104 valence electrons. The van der Waals surface area contributed by atoms with Crippen LogP contribution < -0.4 is 6.15 Å². The zero-order valence-electron chi connectivity index (χ0n) is 8.90. The summed E-state index contributed by atoms with van der Waals surface area (Å²) >= 11 is 0. The number of hydrogen-bond acceptors (Lipinski definition) is 9. The fourth-order valence-electron chi connectivity index (χ4n) is 0.362. The maximum absolute atomic E-state index is 9.74. The van der Waals surface area contributed by atoms with Gasteiger partial charge in [-0.15, -0.1) is 0 Å². The van der Waals surface area contributed by atoms with Crippen LogP contribution >= 0.6 is 0 Å². The minimum absolute atomic E-state index is 0. The third-order valence-corrected chi connectivity index (χ3v) is 0.733. The van der Waals surface area contributed by atoms with E-state index in [1.807, 2.05) is 0 Å². The first-order chi connectivity index (χ1) is 6.24. The Morgan fingerprint density at radius 3 is 1.39 bits per heavy atom. The first-order valence-corrected chi connectivity index (χ1v) is 2.85. The van der Waals surface area contributed by atoms with E-state index in [0.29, 0.717) is 0 Å². The van der Waals surface area contributed by atoms with Crippen molar-refractivity contribution in [1.29, 1.82) is 0 Å². The van der Waals surface area contributed by atoms with Crippen molar-refractivity contribution >= 4 is 36.7 Å². The van der Waals surface area contributed by atoms with Gasteiger partial charge >= 0.3 is 74.1 Å². The molecular formula is H12B5NO12. The van der Waals surface area contributed by atoms with Gasteiger partial charge in [-0.05, 0) is 0 Å². The van der Waals surface area contributed by atoms with Crippen LogP contribution in [0.4, 0.5) is 0 Å². The summed E-state index contributed by atoms with van der Waals surface area (Å²) in [6.45, 7) is 0. The van der Waals surface area contributed by atoms with Crippen LogP contribution in [-0.4, -0.2) is 63.6 Å². The standard InChI is InChI=1S/B5HO8.H3N.4H2O/c6-1-10-4(9)13-5(11-2-7)12-3-8;;;;;/h9H;1H3;4*1H2. The van der Waals surface area contributed by atoms with Crippen molar-refractivity contribution in [3.05, 3.63) is 0 Å². The first kappa shape index (κ1) is 36.0. The number of rotatable bonds is 8.